The van der Waals surface area contributed by atoms with Crippen LogP contribution in [-0.4, -0.2) is 21.7 Å². The van der Waals surface area contributed by atoms with Gasteiger partial charge in [-0.25, -0.2) is 4.98 Å². The second-order valence-electron chi connectivity index (χ2n) is 3.35. The van der Waals surface area contributed by atoms with E-state index in [1.807, 2.05) is 0 Å². The topological polar surface area (TPSA) is 85.2 Å². The van der Waals surface area contributed by atoms with Crippen molar-refractivity contribution in [2.45, 2.75) is 19.3 Å². The van der Waals surface area contributed by atoms with Gasteiger partial charge in [0.05, 0.1) is 0 Å². The number of aliphatic hydroxyl groups is 1. The monoisotopic (exact) mass is 207 g/mol. The van der Waals surface area contributed by atoms with Gasteiger partial charge in [0.1, 0.15) is 5.82 Å². The zero-order chi connectivity index (χ0) is 10.7. The summed E-state index contributed by atoms with van der Waals surface area (Å²) in [7, 11) is 0. The minimum Gasteiger partial charge on any atom is -0.439 e. The lowest BCUT2D eigenvalue weighted by Crippen LogP contribution is -1.90. The molecule has 0 unspecified atom stereocenters. The summed E-state index contributed by atoms with van der Waals surface area (Å²) in [5.41, 5.74) is 6.73. The fraction of sp³-hybridized carbons (Fsp3) is 0.400. The predicted octanol–water partition coefficient (Wildman–Crippen LogP) is 1.12. The number of fused-ring (bicyclic) bond motifs is 1. The van der Waals surface area contributed by atoms with Gasteiger partial charge in [0, 0.05) is 13.0 Å². The van der Waals surface area contributed by atoms with Crippen LogP contribution in [0.1, 0.15) is 18.7 Å². The van der Waals surface area contributed by atoms with Gasteiger partial charge in [-0.2, -0.15) is 4.98 Å². The van der Waals surface area contributed by atoms with Gasteiger partial charge in [-0.1, -0.05) is 0 Å². The summed E-state index contributed by atoms with van der Waals surface area (Å²) in [6.07, 6.45) is 2.34. The van der Waals surface area contributed by atoms with Gasteiger partial charge in [0.25, 0.3) is 0 Å². The molecule has 0 aromatic carbocycles. The highest BCUT2D eigenvalue weighted by Gasteiger charge is 2.06. The number of aromatic nitrogens is 2. The van der Waals surface area contributed by atoms with E-state index >= 15 is 0 Å². The lowest BCUT2D eigenvalue weighted by Gasteiger charge is -1.91. The molecule has 0 bridgehead atoms. The van der Waals surface area contributed by atoms with Crippen molar-refractivity contribution in [1.82, 2.24) is 9.97 Å². The first-order valence-corrected chi connectivity index (χ1v) is 4.92. The van der Waals surface area contributed by atoms with Crippen molar-refractivity contribution in [2.24, 2.45) is 0 Å². The summed E-state index contributed by atoms with van der Waals surface area (Å²) in [4.78, 5) is 8.25. The van der Waals surface area contributed by atoms with Gasteiger partial charge in [-0.15, -0.1) is 0 Å². The van der Waals surface area contributed by atoms with E-state index < -0.39 is 0 Å². The summed E-state index contributed by atoms with van der Waals surface area (Å²) in [5.74, 6) is 1.09. The minimum atomic E-state index is 0.200. The Morgan fingerprint density at radius 2 is 2.13 bits per heavy atom. The van der Waals surface area contributed by atoms with Gasteiger partial charge < -0.3 is 15.3 Å². The van der Waals surface area contributed by atoms with E-state index in [1.54, 1.807) is 12.1 Å². The van der Waals surface area contributed by atoms with Crippen LogP contribution < -0.4 is 5.73 Å². The van der Waals surface area contributed by atoms with E-state index in [2.05, 4.69) is 9.97 Å². The van der Waals surface area contributed by atoms with Crippen LogP contribution in [-0.2, 0) is 6.42 Å². The van der Waals surface area contributed by atoms with Crippen LogP contribution in [0.4, 0.5) is 5.82 Å². The number of hydrogen-bond acceptors (Lipinski definition) is 5. The van der Waals surface area contributed by atoms with Crippen LogP contribution in [0.15, 0.2) is 16.5 Å². The largest absolute Gasteiger partial charge is 0.439 e. The summed E-state index contributed by atoms with van der Waals surface area (Å²) >= 11 is 0. The number of unbranched alkanes of at least 4 members (excludes halogenated alkanes) is 1. The lowest BCUT2D eigenvalue weighted by atomic mass is 10.2. The molecule has 0 aliphatic rings. The molecule has 0 aliphatic carbocycles. The molecule has 0 fully saturated rings. The van der Waals surface area contributed by atoms with Gasteiger partial charge in [0.15, 0.2) is 11.5 Å². The van der Waals surface area contributed by atoms with Crippen LogP contribution >= 0.6 is 0 Å². The number of nitrogens with zero attached hydrogens (tertiary/aromatic N) is 2. The third kappa shape index (κ3) is 2.24. The first-order valence-electron chi connectivity index (χ1n) is 4.92. The maximum absolute atomic E-state index is 8.64. The van der Waals surface area contributed by atoms with Crippen molar-refractivity contribution in [2.75, 3.05) is 12.3 Å². The molecule has 0 amide bonds. The number of oxazole rings is 1. The van der Waals surface area contributed by atoms with Crippen molar-refractivity contribution < 1.29 is 9.52 Å². The molecule has 0 spiro atoms. The van der Waals surface area contributed by atoms with Gasteiger partial charge in [-0.05, 0) is 25.0 Å². The highest BCUT2D eigenvalue weighted by molar-refractivity contribution is 5.69. The Hall–Kier alpha value is -1.62. The Labute approximate surface area is 86.9 Å². The number of pyridine rings is 1. The Morgan fingerprint density at radius 1 is 1.27 bits per heavy atom. The molecule has 0 aliphatic heterocycles. The van der Waals surface area contributed by atoms with E-state index in [1.165, 1.54) is 0 Å². The van der Waals surface area contributed by atoms with E-state index in [0.29, 0.717) is 22.9 Å². The third-order valence-corrected chi connectivity index (χ3v) is 2.12. The zero-order valence-electron chi connectivity index (χ0n) is 8.31. The van der Waals surface area contributed by atoms with Crippen LogP contribution in [0.25, 0.3) is 11.2 Å². The Balaban J connectivity index is 2.16. The standard InChI is InChI=1S/C10H13N3O2/c11-8-5-4-7-10(12-8)13-9(15-7)3-1-2-6-14/h4-5,14H,1-3,6H2,(H2,11,12). The first-order chi connectivity index (χ1) is 7.29. The van der Waals surface area contributed by atoms with Crippen molar-refractivity contribution >= 4 is 17.0 Å². The van der Waals surface area contributed by atoms with E-state index in [-0.39, 0.29) is 6.61 Å². The van der Waals surface area contributed by atoms with Gasteiger partial charge >= 0.3 is 0 Å². The Kier molecular flexibility index (Phi) is 2.82. The molecule has 3 N–H and O–H groups in total. The third-order valence-electron chi connectivity index (χ3n) is 2.12. The van der Waals surface area contributed by atoms with Crippen molar-refractivity contribution in [3.63, 3.8) is 0 Å². The Morgan fingerprint density at radius 3 is 2.93 bits per heavy atom. The maximum atomic E-state index is 8.64. The molecule has 5 nitrogen and oxygen atoms in total. The molecule has 80 valence electrons. The summed E-state index contributed by atoms with van der Waals surface area (Å²) in [6.45, 7) is 0.200. The molecule has 0 saturated carbocycles. The lowest BCUT2D eigenvalue weighted by molar-refractivity contribution is 0.283. The molecule has 2 aromatic heterocycles. The van der Waals surface area contributed by atoms with Crippen LogP contribution in [0, 0.1) is 0 Å². The average Bonchev–Trinajstić information content (AvgIpc) is 2.60. The van der Waals surface area contributed by atoms with Crippen molar-refractivity contribution in [3.8, 4) is 0 Å². The SMILES string of the molecule is Nc1ccc2oc(CCCCO)nc2n1. The van der Waals surface area contributed by atoms with Gasteiger partial charge in [-0.3, -0.25) is 0 Å². The number of anilines is 1. The molecular formula is C10H13N3O2. The predicted molar refractivity (Wildman–Crippen MR) is 56.2 cm³/mol. The number of nitrogen functional groups attached to an aromatic ring is 1. The number of aryl methyl sites for hydroxylation is 1. The van der Waals surface area contributed by atoms with Crippen LogP contribution in [0.5, 0.6) is 0 Å². The molecule has 0 atom stereocenters. The van der Waals surface area contributed by atoms with Crippen molar-refractivity contribution in [1.29, 1.82) is 0 Å². The Bertz CT molecular complexity index is 453. The number of hydrogen-bond donors (Lipinski definition) is 2. The number of nitrogens with two attached hydrogens (primary N) is 1. The summed E-state index contributed by atoms with van der Waals surface area (Å²) in [6, 6.07) is 3.45. The average molecular weight is 207 g/mol. The summed E-state index contributed by atoms with van der Waals surface area (Å²) in [5, 5.41) is 8.64. The molecular weight excluding hydrogens is 194 g/mol. The van der Waals surface area contributed by atoms with Crippen LogP contribution in [0.2, 0.25) is 0 Å². The highest BCUT2D eigenvalue weighted by Crippen LogP contribution is 2.16. The molecule has 0 saturated heterocycles. The highest BCUT2D eigenvalue weighted by atomic mass is 16.3. The molecule has 2 aromatic rings. The second-order valence-corrected chi connectivity index (χ2v) is 3.35. The molecule has 0 radical (unpaired) electrons. The maximum Gasteiger partial charge on any atom is 0.200 e. The quantitative estimate of drug-likeness (QED) is 0.734. The molecule has 2 heterocycles. The van der Waals surface area contributed by atoms with Crippen LogP contribution in [0.3, 0.4) is 0 Å². The van der Waals surface area contributed by atoms with E-state index in [0.717, 1.165) is 19.3 Å². The first kappa shape index (κ1) is 9.92. The summed E-state index contributed by atoms with van der Waals surface area (Å²) < 4.78 is 5.46. The minimum absolute atomic E-state index is 0.200. The molecule has 2 rings (SSSR count). The van der Waals surface area contributed by atoms with Gasteiger partial charge in [0.2, 0.25) is 5.65 Å². The molecule has 5 heteroatoms. The second kappa shape index (κ2) is 4.27. The fourth-order valence-corrected chi connectivity index (χ4v) is 1.37. The van der Waals surface area contributed by atoms with E-state index in [4.69, 9.17) is 15.3 Å². The van der Waals surface area contributed by atoms with Crippen molar-refractivity contribution in [3.05, 3.63) is 18.0 Å². The normalized spacial score (nSPS) is 11.0. The zero-order valence-corrected chi connectivity index (χ0v) is 8.31. The van der Waals surface area contributed by atoms with E-state index in [9.17, 15) is 0 Å². The fourth-order valence-electron chi connectivity index (χ4n) is 1.37. The molecule has 15 heavy (non-hydrogen) atoms. The number of rotatable bonds is 4. The smallest absolute Gasteiger partial charge is 0.200 e. The number of aliphatic hydroxyl groups excluding tert-OH is 1.